The highest BCUT2D eigenvalue weighted by Crippen LogP contribution is 2.56. The normalized spacial score (nSPS) is 27.1. The van der Waals surface area contributed by atoms with E-state index in [1.54, 1.807) is 0 Å². The molecular weight excluding hydrogens is 462 g/mol. The van der Waals surface area contributed by atoms with Gasteiger partial charge in [0.1, 0.15) is 5.75 Å². The smallest absolute Gasteiger partial charge is 0.311 e. The zero-order valence-corrected chi connectivity index (χ0v) is 23.0. The molecule has 0 spiro atoms. The summed E-state index contributed by atoms with van der Waals surface area (Å²) in [6.07, 6.45) is 19.1. The summed E-state index contributed by atoms with van der Waals surface area (Å²) in [6, 6.07) is 7.28. The van der Waals surface area contributed by atoms with E-state index < -0.39 is 0 Å². The Labute approximate surface area is 223 Å². The van der Waals surface area contributed by atoms with Gasteiger partial charge in [-0.05, 0) is 93.0 Å². The molecule has 3 fully saturated rings. The molecule has 1 aromatic carbocycles. The van der Waals surface area contributed by atoms with Crippen molar-refractivity contribution < 1.29 is 19.1 Å². The zero-order valence-electron chi connectivity index (χ0n) is 23.0. The number of benzene rings is 1. The standard InChI is InChI=1S/C32H47NO4/c1-36-30(34)14-6-4-2-3-5-7-15-31(35)37-26-17-16-25-21-29-27-13-8-9-18-32(27,28(25)22-26)19-20-33(29)23-24-11-10-12-24/h16-17,22,24,27,29H,2-15,18-21,23H2,1H3/t27-,29-,32-/m0/s1. The van der Waals surface area contributed by atoms with Gasteiger partial charge < -0.3 is 9.47 Å². The third kappa shape index (κ3) is 6.08. The average molecular weight is 510 g/mol. The number of carbonyl (C=O) groups excluding carboxylic acids is 2. The molecule has 5 rings (SSSR count). The molecule has 0 unspecified atom stereocenters. The number of methoxy groups -OCH3 is 1. The van der Waals surface area contributed by atoms with Gasteiger partial charge in [-0.25, -0.2) is 0 Å². The van der Waals surface area contributed by atoms with Crippen LogP contribution < -0.4 is 4.74 Å². The Hall–Kier alpha value is -1.88. The molecule has 3 atom stereocenters. The average Bonchev–Trinajstić information content (AvgIpc) is 2.88. The molecule has 1 saturated heterocycles. The summed E-state index contributed by atoms with van der Waals surface area (Å²) in [5.74, 6) is 2.22. The van der Waals surface area contributed by atoms with Gasteiger partial charge in [-0.15, -0.1) is 0 Å². The van der Waals surface area contributed by atoms with Crippen molar-refractivity contribution in [2.75, 3.05) is 20.2 Å². The number of piperidine rings is 1. The first-order valence-electron chi connectivity index (χ1n) is 15.2. The highest BCUT2D eigenvalue weighted by molar-refractivity contribution is 5.72. The summed E-state index contributed by atoms with van der Waals surface area (Å²) >= 11 is 0. The largest absolute Gasteiger partial charge is 0.469 e. The minimum atomic E-state index is -0.127. The molecule has 1 aromatic rings. The second-order valence-electron chi connectivity index (χ2n) is 12.3. The van der Waals surface area contributed by atoms with E-state index in [4.69, 9.17) is 4.74 Å². The lowest BCUT2D eigenvalue weighted by molar-refractivity contribution is -0.140. The lowest BCUT2D eigenvalue weighted by atomic mass is 9.52. The molecule has 1 aliphatic heterocycles. The molecule has 2 bridgehead atoms. The second kappa shape index (κ2) is 12.3. The summed E-state index contributed by atoms with van der Waals surface area (Å²) in [7, 11) is 1.44. The van der Waals surface area contributed by atoms with Gasteiger partial charge in [0.25, 0.3) is 0 Å². The Morgan fingerprint density at radius 3 is 2.41 bits per heavy atom. The Morgan fingerprint density at radius 1 is 0.919 bits per heavy atom. The van der Waals surface area contributed by atoms with Crippen LogP contribution in [0.2, 0.25) is 0 Å². The topological polar surface area (TPSA) is 55.8 Å². The molecule has 0 N–H and O–H groups in total. The minimum absolute atomic E-state index is 0.104. The predicted molar refractivity (Wildman–Crippen MR) is 146 cm³/mol. The van der Waals surface area contributed by atoms with Crippen LogP contribution in [0.15, 0.2) is 18.2 Å². The van der Waals surface area contributed by atoms with Gasteiger partial charge in [0.05, 0.1) is 7.11 Å². The molecule has 3 aliphatic carbocycles. The van der Waals surface area contributed by atoms with Crippen molar-refractivity contribution in [3.05, 3.63) is 29.3 Å². The van der Waals surface area contributed by atoms with Gasteiger partial charge >= 0.3 is 11.9 Å². The first kappa shape index (κ1) is 26.7. The fourth-order valence-corrected chi connectivity index (χ4v) is 7.89. The second-order valence-corrected chi connectivity index (χ2v) is 12.3. The molecule has 0 amide bonds. The summed E-state index contributed by atoms with van der Waals surface area (Å²) in [4.78, 5) is 26.6. The molecule has 0 radical (unpaired) electrons. The predicted octanol–water partition coefficient (Wildman–Crippen LogP) is 6.74. The van der Waals surface area contributed by atoms with Gasteiger partial charge in [0.15, 0.2) is 0 Å². The third-order valence-electron chi connectivity index (χ3n) is 10.1. The maximum atomic E-state index is 12.6. The van der Waals surface area contributed by atoms with Crippen LogP contribution in [0.4, 0.5) is 0 Å². The Bertz CT molecular complexity index is 941. The fourth-order valence-electron chi connectivity index (χ4n) is 7.89. The van der Waals surface area contributed by atoms with Crippen LogP contribution >= 0.6 is 0 Å². The Kier molecular flexibility index (Phi) is 8.89. The number of rotatable bonds is 12. The van der Waals surface area contributed by atoms with Crippen molar-refractivity contribution in [3.63, 3.8) is 0 Å². The van der Waals surface area contributed by atoms with Crippen molar-refractivity contribution in [1.29, 1.82) is 0 Å². The van der Waals surface area contributed by atoms with Gasteiger partial charge in [0, 0.05) is 30.8 Å². The highest BCUT2D eigenvalue weighted by atomic mass is 16.5. The van der Waals surface area contributed by atoms with Crippen molar-refractivity contribution >= 4 is 11.9 Å². The number of carbonyl (C=O) groups is 2. The molecule has 1 heterocycles. The van der Waals surface area contributed by atoms with E-state index in [1.807, 2.05) is 6.07 Å². The third-order valence-corrected chi connectivity index (χ3v) is 10.1. The highest BCUT2D eigenvalue weighted by Gasteiger charge is 2.54. The van der Waals surface area contributed by atoms with E-state index in [1.165, 1.54) is 89.1 Å². The van der Waals surface area contributed by atoms with Crippen LogP contribution in [0.3, 0.4) is 0 Å². The summed E-state index contributed by atoms with van der Waals surface area (Å²) in [6.45, 7) is 2.56. The molecule has 4 aliphatic rings. The fraction of sp³-hybridized carbons (Fsp3) is 0.750. The van der Waals surface area contributed by atoms with Crippen molar-refractivity contribution in [2.24, 2.45) is 11.8 Å². The van der Waals surface area contributed by atoms with Crippen LogP contribution in [0, 0.1) is 11.8 Å². The quantitative estimate of drug-likeness (QED) is 0.177. The lowest BCUT2D eigenvalue weighted by Gasteiger charge is -2.59. The molecule has 204 valence electrons. The number of hydrogen-bond donors (Lipinski definition) is 0. The van der Waals surface area contributed by atoms with Crippen LogP contribution in [0.5, 0.6) is 5.75 Å². The van der Waals surface area contributed by atoms with Crippen molar-refractivity contribution in [3.8, 4) is 5.75 Å². The first-order chi connectivity index (χ1) is 18.1. The maximum Gasteiger partial charge on any atom is 0.311 e. The minimum Gasteiger partial charge on any atom is -0.469 e. The summed E-state index contributed by atoms with van der Waals surface area (Å²) in [5, 5.41) is 0. The first-order valence-corrected chi connectivity index (χ1v) is 15.2. The number of esters is 2. The zero-order chi connectivity index (χ0) is 25.7. The van der Waals surface area contributed by atoms with E-state index in [2.05, 4.69) is 21.8 Å². The van der Waals surface area contributed by atoms with Crippen LogP contribution in [-0.2, 0) is 26.2 Å². The summed E-state index contributed by atoms with van der Waals surface area (Å²) < 4.78 is 10.6. The number of hydrogen-bond acceptors (Lipinski definition) is 5. The Balaban J connectivity index is 1.14. The number of likely N-dealkylation sites (tertiary alicyclic amines) is 1. The lowest BCUT2D eigenvalue weighted by Crippen LogP contribution is -2.61. The van der Waals surface area contributed by atoms with Crippen molar-refractivity contribution in [1.82, 2.24) is 4.90 Å². The molecular formula is C32H47NO4. The SMILES string of the molecule is COC(=O)CCCCCCCCC(=O)Oc1ccc2c(c1)[C@]13CCCC[C@H]1[C@H](C2)N(CC1CCC1)CC3. The van der Waals surface area contributed by atoms with Crippen LogP contribution in [-0.4, -0.2) is 43.1 Å². The maximum absolute atomic E-state index is 12.6. The summed E-state index contributed by atoms with van der Waals surface area (Å²) in [5.41, 5.74) is 3.31. The van der Waals surface area contributed by atoms with Gasteiger partial charge in [0.2, 0.25) is 0 Å². The molecule has 0 aromatic heterocycles. The van der Waals surface area contributed by atoms with E-state index in [-0.39, 0.29) is 11.9 Å². The van der Waals surface area contributed by atoms with Crippen LogP contribution in [0.1, 0.15) is 114 Å². The number of unbranched alkanes of at least 4 members (excludes halogenated alkanes) is 5. The number of nitrogens with zero attached hydrogens (tertiary/aromatic N) is 1. The van der Waals surface area contributed by atoms with Gasteiger partial charge in [-0.2, -0.15) is 0 Å². The molecule has 37 heavy (non-hydrogen) atoms. The molecule has 2 saturated carbocycles. The van der Waals surface area contributed by atoms with Crippen LogP contribution in [0.25, 0.3) is 0 Å². The van der Waals surface area contributed by atoms with Crippen molar-refractivity contribution in [2.45, 2.75) is 121 Å². The monoisotopic (exact) mass is 509 g/mol. The molecule has 5 nitrogen and oxygen atoms in total. The van der Waals surface area contributed by atoms with E-state index >= 15 is 0 Å². The van der Waals surface area contributed by atoms with E-state index in [9.17, 15) is 9.59 Å². The number of ether oxygens (including phenoxy) is 2. The van der Waals surface area contributed by atoms with E-state index in [0.29, 0.717) is 24.3 Å². The molecule has 5 heteroatoms. The van der Waals surface area contributed by atoms with E-state index in [0.717, 1.165) is 56.1 Å². The van der Waals surface area contributed by atoms with Gasteiger partial charge in [-0.3, -0.25) is 14.5 Å². The Morgan fingerprint density at radius 2 is 1.68 bits per heavy atom. The van der Waals surface area contributed by atoms with Gasteiger partial charge in [-0.1, -0.05) is 51.0 Å². The number of fused-ring (bicyclic) bond motifs is 1.